The minimum absolute atomic E-state index is 0.00221. The molecule has 2 saturated heterocycles. The van der Waals surface area contributed by atoms with E-state index in [1.807, 2.05) is 0 Å². The number of esters is 1. The van der Waals surface area contributed by atoms with Crippen molar-refractivity contribution >= 4 is 29.4 Å². The number of piperazine rings is 1. The monoisotopic (exact) mass is 449 g/mol. The Bertz CT molecular complexity index is 1050. The Hall–Kier alpha value is -3.68. The molecule has 2 heterocycles. The van der Waals surface area contributed by atoms with E-state index >= 15 is 0 Å². The Morgan fingerprint density at radius 3 is 2.39 bits per heavy atom. The summed E-state index contributed by atoms with van der Waals surface area (Å²) in [6, 6.07) is 13.1. The van der Waals surface area contributed by atoms with E-state index in [1.54, 1.807) is 65.3 Å². The second kappa shape index (κ2) is 9.85. The van der Waals surface area contributed by atoms with Gasteiger partial charge >= 0.3 is 5.97 Å². The summed E-state index contributed by atoms with van der Waals surface area (Å²) in [5.41, 5.74) is 2.30. The smallest absolute Gasteiger partial charge is 0.338 e. The average molecular weight is 450 g/mol. The van der Waals surface area contributed by atoms with Crippen molar-refractivity contribution < 1.29 is 23.9 Å². The fourth-order valence-corrected chi connectivity index (χ4v) is 4.25. The highest BCUT2D eigenvalue weighted by Crippen LogP contribution is 2.24. The molecule has 2 aliphatic rings. The Balaban J connectivity index is 1.36. The molecule has 0 unspecified atom stereocenters. The molecule has 1 atom stereocenters. The third kappa shape index (κ3) is 5.05. The van der Waals surface area contributed by atoms with E-state index in [2.05, 4.69) is 5.32 Å². The first-order chi connectivity index (χ1) is 16.0. The van der Waals surface area contributed by atoms with Crippen molar-refractivity contribution in [1.82, 2.24) is 9.80 Å². The van der Waals surface area contributed by atoms with Gasteiger partial charge in [-0.15, -0.1) is 0 Å². The lowest BCUT2D eigenvalue weighted by atomic mass is 9.98. The fourth-order valence-electron chi connectivity index (χ4n) is 4.25. The molecule has 0 aromatic heterocycles. The summed E-state index contributed by atoms with van der Waals surface area (Å²) in [4.78, 5) is 52.9. The zero-order chi connectivity index (χ0) is 23.4. The molecule has 2 fully saturated rings. The fraction of sp³-hybridized carbons (Fsp3) is 0.360. The number of carbonyl (C=O) groups is 4. The first-order valence-electron chi connectivity index (χ1n) is 11.2. The standard InChI is InChI=1S/C25H27N3O5/c1-2-33-25(32)19-10-12-20(13-11-19)26-23(30)18-8-6-17(7-9-18)15-27-16-22(29)28-14-4-3-5-21(28)24(27)31/h6-13,21H,2-5,14-16H2,1H3,(H,26,30)/t21-/m1/s1. The molecule has 3 amide bonds. The van der Waals surface area contributed by atoms with E-state index in [4.69, 9.17) is 4.74 Å². The summed E-state index contributed by atoms with van der Waals surface area (Å²) in [5, 5.41) is 2.80. The number of anilines is 1. The number of nitrogens with one attached hydrogen (secondary N) is 1. The largest absolute Gasteiger partial charge is 0.462 e. The second-order valence-electron chi connectivity index (χ2n) is 8.24. The SMILES string of the molecule is CCOC(=O)c1ccc(NC(=O)c2ccc(CN3CC(=O)N4CCCC[C@@H]4C3=O)cc2)cc1. The van der Waals surface area contributed by atoms with Crippen LogP contribution in [-0.4, -0.2) is 59.2 Å². The Morgan fingerprint density at radius 1 is 1.00 bits per heavy atom. The van der Waals surface area contributed by atoms with Crippen molar-refractivity contribution in [3.8, 4) is 0 Å². The van der Waals surface area contributed by atoms with Crippen LogP contribution in [0.5, 0.6) is 0 Å². The number of benzene rings is 2. The Morgan fingerprint density at radius 2 is 1.70 bits per heavy atom. The molecule has 0 radical (unpaired) electrons. The van der Waals surface area contributed by atoms with Crippen LogP contribution in [0.2, 0.25) is 0 Å². The lowest BCUT2D eigenvalue weighted by Crippen LogP contribution is -2.60. The Labute approximate surface area is 192 Å². The van der Waals surface area contributed by atoms with Crippen LogP contribution in [0.15, 0.2) is 48.5 Å². The predicted octanol–water partition coefficient (Wildman–Crippen LogP) is 2.84. The second-order valence-corrected chi connectivity index (χ2v) is 8.24. The molecule has 1 N–H and O–H groups in total. The molecule has 4 rings (SSSR count). The van der Waals surface area contributed by atoms with Gasteiger partial charge in [0.15, 0.2) is 0 Å². The van der Waals surface area contributed by atoms with E-state index in [1.165, 1.54) is 0 Å². The summed E-state index contributed by atoms with van der Waals surface area (Å²) in [6.07, 6.45) is 2.64. The molecule has 8 nitrogen and oxygen atoms in total. The first-order valence-corrected chi connectivity index (χ1v) is 11.2. The summed E-state index contributed by atoms with van der Waals surface area (Å²) < 4.78 is 4.95. The van der Waals surface area contributed by atoms with Crippen LogP contribution >= 0.6 is 0 Å². The van der Waals surface area contributed by atoms with Crippen LogP contribution in [0.25, 0.3) is 0 Å². The van der Waals surface area contributed by atoms with Crippen LogP contribution in [-0.2, 0) is 20.9 Å². The van der Waals surface area contributed by atoms with Gasteiger partial charge in [0.2, 0.25) is 11.8 Å². The van der Waals surface area contributed by atoms with Gasteiger partial charge in [0.1, 0.15) is 12.6 Å². The molecule has 0 bridgehead atoms. The van der Waals surface area contributed by atoms with Crippen LogP contribution in [0.1, 0.15) is 52.5 Å². The quantitative estimate of drug-likeness (QED) is 0.684. The molecule has 2 aromatic carbocycles. The van der Waals surface area contributed by atoms with Gasteiger partial charge in [0.05, 0.1) is 12.2 Å². The van der Waals surface area contributed by atoms with Crippen molar-refractivity contribution in [2.24, 2.45) is 0 Å². The number of carbonyl (C=O) groups excluding carboxylic acids is 4. The molecule has 2 aliphatic heterocycles. The summed E-state index contributed by atoms with van der Waals surface area (Å²) in [6.45, 7) is 3.14. The molecule has 0 aliphatic carbocycles. The lowest BCUT2D eigenvalue weighted by molar-refractivity contribution is -0.158. The summed E-state index contributed by atoms with van der Waals surface area (Å²) in [7, 11) is 0. The maximum atomic E-state index is 12.8. The molecule has 33 heavy (non-hydrogen) atoms. The van der Waals surface area contributed by atoms with Crippen molar-refractivity contribution in [2.75, 3.05) is 25.0 Å². The molecule has 172 valence electrons. The van der Waals surface area contributed by atoms with Crippen LogP contribution in [0.4, 0.5) is 5.69 Å². The van der Waals surface area contributed by atoms with E-state index in [9.17, 15) is 19.2 Å². The number of hydrogen-bond donors (Lipinski definition) is 1. The highest BCUT2D eigenvalue weighted by atomic mass is 16.5. The van der Waals surface area contributed by atoms with Gasteiger partial charge in [-0.1, -0.05) is 12.1 Å². The van der Waals surface area contributed by atoms with E-state index in [-0.39, 0.29) is 30.3 Å². The average Bonchev–Trinajstić information content (AvgIpc) is 2.83. The lowest BCUT2D eigenvalue weighted by Gasteiger charge is -2.42. The number of amides is 3. The van der Waals surface area contributed by atoms with Crippen molar-refractivity contribution in [2.45, 2.75) is 38.8 Å². The predicted molar refractivity (Wildman–Crippen MR) is 122 cm³/mol. The third-order valence-electron chi connectivity index (χ3n) is 5.99. The topological polar surface area (TPSA) is 96.0 Å². The highest BCUT2D eigenvalue weighted by molar-refractivity contribution is 6.04. The normalized spacial score (nSPS) is 18.0. The molecular weight excluding hydrogens is 422 g/mol. The van der Waals surface area contributed by atoms with E-state index in [0.29, 0.717) is 36.5 Å². The third-order valence-corrected chi connectivity index (χ3v) is 5.99. The summed E-state index contributed by atoms with van der Waals surface area (Å²) >= 11 is 0. The first kappa shape index (κ1) is 22.5. The van der Waals surface area contributed by atoms with E-state index < -0.39 is 5.97 Å². The van der Waals surface area contributed by atoms with Gasteiger partial charge in [-0.05, 0) is 68.1 Å². The van der Waals surface area contributed by atoms with Crippen molar-refractivity contribution in [3.63, 3.8) is 0 Å². The van der Waals surface area contributed by atoms with Crippen LogP contribution in [0, 0.1) is 0 Å². The van der Waals surface area contributed by atoms with Crippen LogP contribution < -0.4 is 5.32 Å². The minimum atomic E-state index is -0.406. The van der Waals surface area contributed by atoms with Gasteiger partial charge < -0.3 is 19.9 Å². The van der Waals surface area contributed by atoms with Crippen molar-refractivity contribution in [3.05, 3.63) is 65.2 Å². The highest BCUT2D eigenvalue weighted by Gasteiger charge is 2.40. The molecule has 8 heteroatoms. The minimum Gasteiger partial charge on any atom is -0.462 e. The van der Waals surface area contributed by atoms with Gasteiger partial charge in [-0.25, -0.2) is 4.79 Å². The van der Waals surface area contributed by atoms with Gasteiger partial charge in [0, 0.05) is 24.3 Å². The Kier molecular flexibility index (Phi) is 6.72. The maximum Gasteiger partial charge on any atom is 0.338 e. The zero-order valence-electron chi connectivity index (χ0n) is 18.6. The summed E-state index contributed by atoms with van der Waals surface area (Å²) in [5.74, 6) is -0.685. The number of ether oxygens (including phenoxy) is 1. The number of piperidine rings is 1. The number of hydrogen-bond acceptors (Lipinski definition) is 5. The zero-order valence-corrected chi connectivity index (χ0v) is 18.6. The maximum absolute atomic E-state index is 12.8. The van der Waals surface area contributed by atoms with Gasteiger partial charge in [0.25, 0.3) is 5.91 Å². The molecule has 0 spiro atoms. The molecular formula is C25H27N3O5. The van der Waals surface area contributed by atoms with Gasteiger partial charge in [-0.3, -0.25) is 14.4 Å². The number of nitrogens with zero attached hydrogens (tertiary/aromatic N) is 2. The van der Waals surface area contributed by atoms with Gasteiger partial charge in [-0.2, -0.15) is 0 Å². The van der Waals surface area contributed by atoms with Crippen molar-refractivity contribution in [1.29, 1.82) is 0 Å². The number of rotatable bonds is 6. The molecule has 0 saturated carbocycles. The van der Waals surface area contributed by atoms with Crippen LogP contribution in [0.3, 0.4) is 0 Å². The molecule has 2 aromatic rings. The van der Waals surface area contributed by atoms with E-state index in [0.717, 1.165) is 24.8 Å². The number of fused-ring (bicyclic) bond motifs is 1.